The third-order valence-corrected chi connectivity index (χ3v) is 4.84. The van der Waals surface area contributed by atoms with E-state index in [9.17, 15) is 0 Å². The molecule has 1 aliphatic rings. The van der Waals surface area contributed by atoms with Crippen LogP contribution in [0.25, 0.3) is 11.1 Å². The van der Waals surface area contributed by atoms with Crippen LogP contribution >= 0.6 is 0 Å². The highest BCUT2D eigenvalue weighted by atomic mass is 14.3. The molecule has 1 unspecified atom stereocenters. The summed E-state index contributed by atoms with van der Waals surface area (Å²) >= 11 is 0. The van der Waals surface area contributed by atoms with Gasteiger partial charge >= 0.3 is 0 Å². The molecule has 0 aliphatic heterocycles. The van der Waals surface area contributed by atoms with Crippen LogP contribution in [0.5, 0.6) is 0 Å². The van der Waals surface area contributed by atoms with E-state index in [0.29, 0.717) is 0 Å². The summed E-state index contributed by atoms with van der Waals surface area (Å²) in [6, 6.07) is 30.4. The van der Waals surface area contributed by atoms with Gasteiger partial charge in [-0.3, -0.25) is 0 Å². The van der Waals surface area contributed by atoms with Gasteiger partial charge in [-0.15, -0.1) is 0 Å². The zero-order valence-corrected chi connectivity index (χ0v) is 13.6. The maximum atomic E-state index is 2.34. The van der Waals surface area contributed by atoms with Crippen molar-refractivity contribution in [2.45, 2.75) is 11.8 Å². The average molecular weight is 308 g/mol. The predicted octanol–water partition coefficient (Wildman–Crippen LogP) is 6.16. The summed E-state index contributed by atoms with van der Waals surface area (Å²) in [4.78, 5) is 0. The smallest absolute Gasteiger partial charge is 0.0419 e. The van der Waals surface area contributed by atoms with E-state index in [1.54, 1.807) is 0 Å². The van der Waals surface area contributed by atoms with Crippen LogP contribution in [0.2, 0.25) is 0 Å². The molecule has 1 atom stereocenters. The molecule has 0 saturated carbocycles. The SMILES string of the molecule is C1=CCC(c2ccccc2)(c2cccc(-c3ccccc3)c2)C=C1. The maximum absolute atomic E-state index is 2.34. The molecule has 0 saturated heterocycles. The Labute approximate surface area is 143 Å². The normalized spacial score (nSPS) is 19.3. The quantitative estimate of drug-likeness (QED) is 0.544. The first-order valence-electron chi connectivity index (χ1n) is 8.44. The molecule has 116 valence electrons. The first-order chi connectivity index (χ1) is 11.9. The van der Waals surface area contributed by atoms with Gasteiger partial charge in [-0.1, -0.05) is 103 Å². The van der Waals surface area contributed by atoms with Crippen molar-refractivity contribution in [2.24, 2.45) is 0 Å². The highest BCUT2D eigenvalue weighted by Crippen LogP contribution is 2.40. The summed E-state index contributed by atoms with van der Waals surface area (Å²) in [5.41, 5.74) is 5.14. The lowest BCUT2D eigenvalue weighted by atomic mass is 9.70. The number of hydrogen-bond acceptors (Lipinski definition) is 0. The molecule has 0 amide bonds. The molecule has 0 N–H and O–H groups in total. The van der Waals surface area contributed by atoms with Crippen molar-refractivity contribution in [1.29, 1.82) is 0 Å². The van der Waals surface area contributed by atoms with Crippen LogP contribution in [0.4, 0.5) is 0 Å². The standard InChI is InChI=1S/C24H20/c1-4-11-20(12-5-1)21-13-10-16-23(19-21)24(17-8-3-9-18-24)22-14-6-2-7-15-22/h1-17,19H,18H2. The Morgan fingerprint density at radius 2 is 1.25 bits per heavy atom. The monoisotopic (exact) mass is 308 g/mol. The van der Waals surface area contributed by atoms with E-state index < -0.39 is 0 Å². The van der Waals surface area contributed by atoms with Crippen LogP contribution in [0, 0.1) is 0 Å². The van der Waals surface area contributed by atoms with Crippen molar-refractivity contribution in [3.63, 3.8) is 0 Å². The zero-order valence-electron chi connectivity index (χ0n) is 13.6. The van der Waals surface area contributed by atoms with Gasteiger partial charge in [0.05, 0.1) is 0 Å². The molecular formula is C24H20. The highest BCUT2D eigenvalue weighted by Gasteiger charge is 2.31. The van der Waals surface area contributed by atoms with Crippen LogP contribution in [0.3, 0.4) is 0 Å². The van der Waals surface area contributed by atoms with E-state index in [1.807, 2.05) is 0 Å². The molecule has 0 heterocycles. The predicted molar refractivity (Wildman–Crippen MR) is 102 cm³/mol. The van der Waals surface area contributed by atoms with Crippen molar-refractivity contribution in [3.8, 4) is 11.1 Å². The molecule has 0 bridgehead atoms. The second kappa shape index (κ2) is 6.33. The molecule has 0 spiro atoms. The Morgan fingerprint density at radius 1 is 0.583 bits per heavy atom. The van der Waals surface area contributed by atoms with Gasteiger partial charge in [0.1, 0.15) is 0 Å². The first kappa shape index (κ1) is 14.7. The second-order valence-electron chi connectivity index (χ2n) is 6.28. The Kier molecular flexibility index (Phi) is 3.88. The summed E-state index contributed by atoms with van der Waals surface area (Å²) in [6.45, 7) is 0. The molecule has 0 heteroatoms. The van der Waals surface area contributed by atoms with E-state index in [0.717, 1.165) is 6.42 Å². The molecule has 0 radical (unpaired) electrons. The summed E-state index contributed by atoms with van der Waals surface area (Å²) in [5.74, 6) is 0. The molecule has 0 fully saturated rings. The van der Waals surface area contributed by atoms with Gasteiger partial charge in [0.15, 0.2) is 0 Å². The van der Waals surface area contributed by atoms with E-state index in [1.165, 1.54) is 22.3 Å². The van der Waals surface area contributed by atoms with Crippen LogP contribution < -0.4 is 0 Å². The minimum atomic E-state index is -0.0825. The fraction of sp³-hybridized carbons (Fsp3) is 0.0833. The first-order valence-corrected chi connectivity index (χ1v) is 8.44. The summed E-state index contributed by atoms with van der Waals surface area (Å²) < 4.78 is 0. The molecule has 24 heavy (non-hydrogen) atoms. The van der Waals surface area contributed by atoms with Crippen LogP contribution in [-0.2, 0) is 5.41 Å². The number of rotatable bonds is 3. The van der Waals surface area contributed by atoms with Crippen LogP contribution in [0.15, 0.2) is 109 Å². The fourth-order valence-electron chi connectivity index (χ4n) is 3.56. The topological polar surface area (TPSA) is 0 Å². The Balaban J connectivity index is 1.86. The summed E-state index contributed by atoms with van der Waals surface area (Å²) in [6.07, 6.45) is 9.91. The molecule has 0 aromatic heterocycles. The van der Waals surface area contributed by atoms with Gasteiger partial charge in [-0.25, -0.2) is 0 Å². The minimum Gasteiger partial charge on any atom is -0.0830 e. The Morgan fingerprint density at radius 3 is 1.96 bits per heavy atom. The van der Waals surface area contributed by atoms with E-state index in [-0.39, 0.29) is 5.41 Å². The van der Waals surface area contributed by atoms with E-state index in [2.05, 4.69) is 109 Å². The highest BCUT2D eigenvalue weighted by molar-refractivity contribution is 5.65. The molecule has 3 aromatic carbocycles. The molecule has 0 nitrogen and oxygen atoms in total. The van der Waals surface area contributed by atoms with Gasteiger partial charge in [0.25, 0.3) is 0 Å². The van der Waals surface area contributed by atoms with Crippen molar-refractivity contribution in [1.82, 2.24) is 0 Å². The molecule has 3 aromatic rings. The average Bonchev–Trinajstić information content (AvgIpc) is 2.70. The third kappa shape index (κ3) is 2.61. The third-order valence-electron chi connectivity index (χ3n) is 4.84. The Bertz CT molecular complexity index is 872. The van der Waals surface area contributed by atoms with Crippen molar-refractivity contribution in [2.75, 3.05) is 0 Å². The lowest BCUT2D eigenvalue weighted by Gasteiger charge is -2.33. The Hall–Kier alpha value is -2.86. The number of allylic oxidation sites excluding steroid dienone is 4. The van der Waals surface area contributed by atoms with Crippen molar-refractivity contribution < 1.29 is 0 Å². The van der Waals surface area contributed by atoms with Gasteiger partial charge in [-0.2, -0.15) is 0 Å². The zero-order chi connectivity index (χ0) is 16.2. The van der Waals surface area contributed by atoms with Crippen LogP contribution in [-0.4, -0.2) is 0 Å². The summed E-state index contributed by atoms with van der Waals surface area (Å²) in [5, 5.41) is 0. The molecule has 4 rings (SSSR count). The second-order valence-corrected chi connectivity index (χ2v) is 6.28. The van der Waals surface area contributed by atoms with Crippen LogP contribution in [0.1, 0.15) is 17.5 Å². The van der Waals surface area contributed by atoms with Crippen molar-refractivity contribution >= 4 is 0 Å². The number of benzene rings is 3. The lowest BCUT2D eigenvalue weighted by Crippen LogP contribution is -2.25. The van der Waals surface area contributed by atoms with Gasteiger partial charge < -0.3 is 0 Å². The van der Waals surface area contributed by atoms with Crippen molar-refractivity contribution in [3.05, 3.63) is 120 Å². The van der Waals surface area contributed by atoms with E-state index in [4.69, 9.17) is 0 Å². The molecular weight excluding hydrogens is 288 g/mol. The largest absolute Gasteiger partial charge is 0.0830 e. The number of hydrogen-bond donors (Lipinski definition) is 0. The lowest BCUT2D eigenvalue weighted by molar-refractivity contribution is 0.648. The summed E-state index contributed by atoms with van der Waals surface area (Å²) in [7, 11) is 0. The van der Waals surface area contributed by atoms with Gasteiger partial charge in [0, 0.05) is 5.41 Å². The van der Waals surface area contributed by atoms with Gasteiger partial charge in [-0.05, 0) is 34.7 Å². The fourth-order valence-corrected chi connectivity index (χ4v) is 3.56. The van der Waals surface area contributed by atoms with Gasteiger partial charge in [0.2, 0.25) is 0 Å². The minimum absolute atomic E-state index is 0.0825. The van der Waals surface area contributed by atoms with E-state index >= 15 is 0 Å². The maximum Gasteiger partial charge on any atom is 0.0419 e. The molecule has 1 aliphatic carbocycles.